The van der Waals surface area contributed by atoms with Crippen molar-refractivity contribution in [2.75, 3.05) is 13.7 Å². The molecule has 1 aromatic rings. The second-order valence-corrected chi connectivity index (χ2v) is 5.50. The highest BCUT2D eigenvalue weighted by Gasteiger charge is 2.22. The largest absolute Gasteiger partial charge is 0.465 e. The van der Waals surface area contributed by atoms with E-state index in [0.717, 1.165) is 6.42 Å². The number of aryl methyl sites for hydroxylation is 1. The van der Waals surface area contributed by atoms with Gasteiger partial charge in [0.15, 0.2) is 0 Å². The van der Waals surface area contributed by atoms with Gasteiger partial charge in [-0.25, -0.2) is 4.79 Å². The van der Waals surface area contributed by atoms with Crippen LogP contribution >= 0.6 is 0 Å². The molecule has 0 aromatic carbocycles. The molecular weight excluding hydrogens is 298 g/mol. The Bertz CT molecular complexity index is 592. The van der Waals surface area contributed by atoms with Crippen LogP contribution in [0.3, 0.4) is 0 Å². The van der Waals surface area contributed by atoms with Gasteiger partial charge in [0.1, 0.15) is 5.69 Å². The third-order valence-corrected chi connectivity index (χ3v) is 3.71. The standard InChI is InChI=1S/C16H25N3O4/c1-6-9(2)18-12(20)7-8-17-15(21)14-10(3)13(11(4)19-14)16(22)23-5/h9,19H,6-8H2,1-5H3,(H,17,21)(H,18,20). The van der Waals surface area contributed by atoms with Crippen LogP contribution < -0.4 is 10.6 Å². The van der Waals surface area contributed by atoms with E-state index in [9.17, 15) is 14.4 Å². The van der Waals surface area contributed by atoms with Crippen molar-refractivity contribution < 1.29 is 19.1 Å². The summed E-state index contributed by atoms with van der Waals surface area (Å²) < 4.78 is 4.71. The number of carbonyl (C=O) groups is 3. The fourth-order valence-corrected chi connectivity index (χ4v) is 2.21. The fraction of sp³-hybridized carbons (Fsp3) is 0.562. The monoisotopic (exact) mass is 323 g/mol. The Morgan fingerprint density at radius 3 is 2.48 bits per heavy atom. The minimum atomic E-state index is -0.483. The van der Waals surface area contributed by atoms with E-state index in [0.29, 0.717) is 22.5 Å². The van der Waals surface area contributed by atoms with Gasteiger partial charge >= 0.3 is 5.97 Å². The topological polar surface area (TPSA) is 100 Å². The third kappa shape index (κ3) is 4.84. The van der Waals surface area contributed by atoms with E-state index in [-0.39, 0.29) is 30.8 Å². The average Bonchev–Trinajstić information content (AvgIpc) is 2.81. The second-order valence-electron chi connectivity index (χ2n) is 5.50. The highest BCUT2D eigenvalue weighted by atomic mass is 16.5. The van der Waals surface area contributed by atoms with Crippen molar-refractivity contribution in [3.63, 3.8) is 0 Å². The number of esters is 1. The number of carbonyl (C=O) groups excluding carboxylic acids is 3. The Hall–Kier alpha value is -2.31. The second kappa shape index (κ2) is 8.36. The van der Waals surface area contributed by atoms with Crippen LogP contribution in [0.25, 0.3) is 0 Å². The number of hydrogen-bond donors (Lipinski definition) is 3. The number of ether oxygens (including phenoxy) is 1. The van der Waals surface area contributed by atoms with Gasteiger partial charge in [-0.05, 0) is 32.8 Å². The summed E-state index contributed by atoms with van der Waals surface area (Å²) in [4.78, 5) is 38.4. The molecule has 1 aromatic heterocycles. The van der Waals surface area contributed by atoms with E-state index in [1.165, 1.54) is 7.11 Å². The number of rotatable bonds is 7. The van der Waals surface area contributed by atoms with Crippen LogP contribution in [0.15, 0.2) is 0 Å². The average molecular weight is 323 g/mol. The Balaban J connectivity index is 2.63. The molecule has 2 amide bonds. The number of aromatic nitrogens is 1. The Labute approximate surface area is 136 Å². The predicted octanol–water partition coefficient (Wildman–Crippen LogP) is 1.45. The van der Waals surface area contributed by atoms with E-state index >= 15 is 0 Å². The minimum absolute atomic E-state index is 0.103. The van der Waals surface area contributed by atoms with E-state index in [1.807, 2.05) is 13.8 Å². The number of hydrogen-bond acceptors (Lipinski definition) is 4. The lowest BCUT2D eigenvalue weighted by atomic mass is 10.1. The molecule has 7 nitrogen and oxygen atoms in total. The Morgan fingerprint density at radius 2 is 1.91 bits per heavy atom. The van der Waals surface area contributed by atoms with Crippen LogP contribution in [0.5, 0.6) is 0 Å². The highest BCUT2D eigenvalue weighted by molar-refractivity contribution is 6.00. The van der Waals surface area contributed by atoms with Gasteiger partial charge in [0.05, 0.1) is 12.7 Å². The summed E-state index contributed by atoms with van der Waals surface area (Å²) in [6.45, 7) is 7.53. The van der Waals surface area contributed by atoms with Crippen LogP contribution in [0.4, 0.5) is 0 Å². The van der Waals surface area contributed by atoms with Crippen molar-refractivity contribution in [1.29, 1.82) is 0 Å². The summed E-state index contributed by atoms with van der Waals surface area (Å²) in [7, 11) is 1.30. The maximum absolute atomic E-state index is 12.2. The summed E-state index contributed by atoms with van der Waals surface area (Å²) in [6.07, 6.45) is 1.06. The van der Waals surface area contributed by atoms with Crippen molar-refractivity contribution in [1.82, 2.24) is 15.6 Å². The first kappa shape index (κ1) is 18.7. The van der Waals surface area contributed by atoms with Gasteiger partial charge < -0.3 is 20.4 Å². The molecule has 0 aliphatic carbocycles. The molecule has 0 aliphatic rings. The number of amides is 2. The molecule has 0 saturated carbocycles. The quantitative estimate of drug-likeness (QED) is 0.661. The lowest BCUT2D eigenvalue weighted by Crippen LogP contribution is -2.35. The molecule has 1 rings (SSSR count). The molecule has 0 bridgehead atoms. The third-order valence-electron chi connectivity index (χ3n) is 3.71. The van der Waals surface area contributed by atoms with Crippen molar-refractivity contribution in [2.24, 2.45) is 0 Å². The van der Waals surface area contributed by atoms with E-state index in [1.54, 1.807) is 13.8 Å². The van der Waals surface area contributed by atoms with Crippen molar-refractivity contribution >= 4 is 17.8 Å². The molecule has 0 spiro atoms. The summed E-state index contributed by atoms with van der Waals surface area (Å²) >= 11 is 0. The van der Waals surface area contributed by atoms with Crippen molar-refractivity contribution in [2.45, 2.75) is 46.6 Å². The first-order chi connectivity index (χ1) is 10.8. The van der Waals surface area contributed by atoms with Gasteiger partial charge in [0.2, 0.25) is 5.91 Å². The smallest absolute Gasteiger partial charge is 0.339 e. The van der Waals surface area contributed by atoms with Crippen LogP contribution in [-0.4, -0.2) is 42.5 Å². The molecule has 0 aliphatic heterocycles. The first-order valence-electron chi connectivity index (χ1n) is 7.66. The van der Waals surface area contributed by atoms with Gasteiger partial charge in [-0.3, -0.25) is 9.59 Å². The first-order valence-corrected chi connectivity index (χ1v) is 7.66. The molecule has 0 radical (unpaired) electrons. The number of methoxy groups -OCH3 is 1. The van der Waals surface area contributed by atoms with E-state index < -0.39 is 5.97 Å². The Morgan fingerprint density at radius 1 is 1.26 bits per heavy atom. The zero-order chi connectivity index (χ0) is 17.6. The van der Waals surface area contributed by atoms with Gasteiger partial charge in [-0.2, -0.15) is 0 Å². The van der Waals surface area contributed by atoms with Crippen LogP contribution in [-0.2, 0) is 9.53 Å². The van der Waals surface area contributed by atoms with Crippen LogP contribution in [0.1, 0.15) is 58.8 Å². The molecule has 1 heterocycles. The zero-order valence-electron chi connectivity index (χ0n) is 14.3. The lowest BCUT2D eigenvalue weighted by Gasteiger charge is -2.11. The molecule has 23 heavy (non-hydrogen) atoms. The number of nitrogens with one attached hydrogen (secondary N) is 3. The fourth-order valence-electron chi connectivity index (χ4n) is 2.21. The van der Waals surface area contributed by atoms with Crippen molar-refractivity contribution in [3.05, 3.63) is 22.5 Å². The molecule has 128 valence electrons. The van der Waals surface area contributed by atoms with Crippen LogP contribution in [0, 0.1) is 13.8 Å². The highest BCUT2D eigenvalue weighted by Crippen LogP contribution is 2.18. The Kier molecular flexibility index (Phi) is 6.81. The molecular formula is C16H25N3O4. The normalized spacial score (nSPS) is 11.7. The minimum Gasteiger partial charge on any atom is -0.465 e. The molecule has 0 saturated heterocycles. The molecule has 1 unspecified atom stereocenters. The maximum atomic E-state index is 12.2. The number of aromatic amines is 1. The lowest BCUT2D eigenvalue weighted by molar-refractivity contribution is -0.121. The van der Waals surface area contributed by atoms with Gasteiger partial charge in [0, 0.05) is 24.7 Å². The predicted molar refractivity (Wildman–Crippen MR) is 86.5 cm³/mol. The summed E-state index contributed by atoms with van der Waals surface area (Å²) in [6, 6.07) is 0.120. The van der Waals surface area contributed by atoms with E-state index in [2.05, 4.69) is 15.6 Å². The van der Waals surface area contributed by atoms with Gasteiger partial charge in [0.25, 0.3) is 5.91 Å². The molecule has 1 atom stereocenters. The SMILES string of the molecule is CCC(C)NC(=O)CCNC(=O)c1[nH]c(C)c(C(=O)OC)c1C. The summed E-state index contributed by atoms with van der Waals surface area (Å²) in [5.41, 5.74) is 1.79. The summed E-state index contributed by atoms with van der Waals surface area (Å²) in [5, 5.41) is 5.51. The van der Waals surface area contributed by atoms with Gasteiger partial charge in [-0.1, -0.05) is 6.92 Å². The molecule has 0 fully saturated rings. The maximum Gasteiger partial charge on any atom is 0.339 e. The van der Waals surface area contributed by atoms with E-state index in [4.69, 9.17) is 4.74 Å². The number of H-pyrrole nitrogens is 1. The molecule has 3 N–H and O–H groups in total. The van der Waals surface area contributed by atoms with Crippen molar-refractivity contribution in [3.8, 4) is 0 Å². The van der Waals surface area contributed by atoms with Gasteiger partial charge in [-0.15, -0.1) is 0 Å². The molecule has 7 heteroatoms. The summed E-state index contributed by atoms with van der Waals surface area (Å²) in [5.74, 6) is -0.936. The zero-order valence-corrected chi connectivity index (χ0v) is 14.3. The van der Waals surface area contributed by atoms with Crippen LogP contribution in [0.2, 0.25) is 0 Å².